The Labute approximate surface area is 197 Å². The quantitative estimate of drug-likeness (QED) is 0.340. The van der Waals surface area contributed by atoms with E-state index in [4.69, 9.17) is 16.7 Å². The summed E-state index contributed by atoms with van der Waals surface area (Å²) >= 11 is 7.03. The number of thioether (sulfide) groups is 1. The predicted octanol–water partition coefficient (Wildman–Crippen LogP) is 4.72. The van der Waals surface area contributed by atoms with Gasteiger partial charge in [0.05, 0.1) is 27.5 Å². The molecule has 0 aliphatic rings. The van der Waals surface area contributed by atoms with E-state index in [0.29, 0.717) is 16.3 Å². The summed E-state index contributed by atoms with van der Waals surface area (Å²) in [6.45, 7) is 0. The Morgan fingerprint density at radius 2 is 1.42 bits per heavy atom. The number of aromatic carboxylic acids is 2. The lowest BCUT2D eigenvalue weighted by molar-refractivity contribution is -0.113. The molecule has 3 aromatic rings. The van der Waals surface area contributed by atoms with E-state index in [2.05, 4.69) is 10.6 Å². The maximum atomic E-state index is 12.5. The van der Waals surface area contributed by atoms with Crippen LogP contribution in [0.4, 0.5) is 11.4 Å². The number of hydrogen-bond acceptors (Lipinski definition) is 5. The highest BCUT2D eigenvalue weighted by Gasteiger charge is 2.16. The molecule has 0 bridgehead atoms. The van der Waals surface area contributed by atoms with Gasteiger partial charge in [-0.3, -0.25) is 9.59 Å². The van der Waals surface area contributed by atoms with E-state index in [9.17, 15) is 24.3 Å². The summed E-state index contributed by atoms with van der Waals surface area (Å²) in [7, 11) is 0. The zero-order valence-corrected chi connectivity index (χ0v) is 18.4. The van der Waals surface area contributed by atoms with E-state index in [1.807, 2.05) is 0 Å². The van der Waals surface area contributed by atoms with Crippen LogP contribution in [0.15, 0.2) is 71.6 Å². The smallest absolute Gasteiger partial charge is 0.337 e. The number of carboxylic acid groups (broad SMARTS) is 2. The van der Waals surface area contributed by atoms with Gasteiger partial charge in [0.25, 0.3) is 5.91 Å². The Balaban J connectivity index is 1.62. The molecule has 3 rings (SSSR count). The molecule has 0 aromatic heterocycles. The third-order valence-electron chi connectivity index (χ3n) is 4.34. The summed E-state index contributed by atoms with van der Waals surface area (Å²) in [4.78, 5) is 48.0. The van der Waals surface area contributed by atoms with Crippen LogP contribution in [0.5, 0.6) is 0 Å². The van der Waals surface area contributed by atoms with Crippen LogP contribution in [0.3, 0.4) is 0 Å². The summed E-state index contributed by atoms with van der Waals surface area (Å²) in [5, 5.41) is 23.7. The fourth-order valence-electron chi connectivity index (χ4n) is 2.84. The Bertz CT molecular complexity index is 1250. The van der Waals surface area contributed by atoms with Crippen molar-refractivity contribution in [2.24, 2.45) is 0 Å². The average molecular weight is 485 g/mol. The second kappa shape index (κ2) is 10.7. The molecule has 0 saturated carbocycles. The van der Waals surface area contributed by atoms with E-state index in [1.165, 1.54) is 48.2 Å². The second-order valence-electron chi connectivity index (χ2n) is 6.67. The standard InChI is InChI=1S/C23H17ClN2O6S/c24-19-9-8-14(11-18(19)23(31)32)25-20(27)12-33-15-5-3-4-13(10-15)26-21(28)16-6-1-2-7-17(16)22(29)30/h1-11H,12H2,(H,25,27)(H,26,28)(H,29,30)(H,31,32). The molecule has 0 fully saturated rings. The monoisotopic (exact) mass is 484 g/mol. The van der Waals surface area contributed by atoms with Crippen molar-refractivity contribution >= 4 is 58.5 Å². The highest BCUT2D eigenvalue weighted by molar-refractivity contribution is 8.00. The second-order valence-corrected chi connectivity index (χ2v) is 8.13. The number of hydrogen-bond donors (Lipinski definition) is 4. The number of carbonyl (C=O) groups excluding carboxylic acids is 2. The lowest BCUT2D eigenvalue weighted by Crippen LogP contribution is -2.16. The van der Waals surface area contributed by atoms with Crippen molar-refractivity contribution in [1.29, 1.82) is 0 Å². The number of carbonyl (C=O) groups is 4. The van der Waals surface area contributed by atoms with Crippen LogP contribution in [0.25, 0.3) is 0 Å². The highest BCUT2D eigenvalue weighted by atomic mass is 35.5. The molecule has 2 amide bonds. The number of rotatable bonds is 8. The first kappa shape index (κ1) is 23.8. The van der Waals surface area contributed by atoms with Crippen LogP contribution in [0.1, 0.15) is 31.1 Å². The largest absolute Gasteiger partial charge is 0.478 e. The molecule has 0 aliphatic carbocycles. The molecule has 3 aromatic carbocycles. The van der Waals surface area contributed by atoms with E-state index in [0.717, 1.165) is 0 Å². The molecule has 10 heteroatoms. The summed E-state index contributed by atoms with van der Waals surface area (Å²) in [5.41, 5.74) is 0.557. The molecule has 168 valence electrons. The van der Waals surface area contributed by atoms with Crippen molar-refractivity contribution in [2.75, 3.05) is 16.4 Å². The first-order valence-electron chi connectivity index (χ1n) is 9.44. The van der Waals surface area contributed by atoms with Crippen molar-refractivity contribution < 1.29 is 29.4 Å². The van der Waals surface area contributed by atoms with Crippen molar-refractivity contribution in [3.05, 3.63) is 88.4 Å². The molecule has 0 spiro atoms. The zero-order chi connectivity index (χ0) is 24.0. The fourth-order valence-corrected chi connectivity index (χ4v) is 3.80. The van der Waals surface area contributed by atoms with Gasteiger partial charge in [-0.25, -0.2) is 9.59 Å². The number of carboxylic acids is 2. The Morgan fingerprint density at radius 1 is 0.758 bits per heavy atom. The van der Waals surface area contributed by atoms with Crippen LogP contribution in [0.2, 0.25) is 5.02 Å². The molecule has 0 atom stereocenters. The van der Waals surface area contributed by atoms with Crippen molar-refractivity contribution in [2.45, 2.75) is 4.90 Å². The van der Waals surface area contributed by atoms with Crippen LogP contribution in [0, 0.1) is 0 Å². The Kier molecular flexibility index (Phi) is 7.70. The van der Waals surface area contributed by atoms with Crippen LogP contribution >= 0.6 is 23.4 Å². The number of benzene rings is 3. The number of amides is 2. The normalized spacial score (nSPS) is 10.3. The molecule has 0 saturated heterocycles. The van der Waals surface area contributed by atoms with Gasteiger partial charge in [0.1, 0.15) is 0 Å². The minimum absolute atomic E-state index is 0.0320. The average Bonchev–Trinajstić information content (AvgIpc) is 2.79. The van der Waals surface area contributed by atoms with Crippen LogP contribution in [-0.2, 0) is 4.79 Å². The first-order valence-corrected chi connectivity index (χ1v) is 10.8. The third kappa shape index (κ3) is 6.34. The molecule has 33 heavy (non-hydrogen) atoms. The molecule has 4 N–H and O–H groups in total. The molecule has 0 aliphatic heterocycles. The zero-order valence-electron chi connectivity index (χ0n) is 16.9. The maximum Gasteiger partial charge on any atom is 0.337 e. The topological polar surface area (TPSA) is 133 Å². The van der Waals surface area contributed by atoms with Gasteiger partial charge in [-0.05, 0) is 48.5 Å². The Hall–Kier alpha value is -3.82. The maximum absolute atomic E-state index is 12.5. The molecular formula is C23H17ClN2O6S. The number of nitrogens with one attached hydrogen (secondary N) is 2. The van der Waals surface area contributed by atoms with Gasteiger partial charge in [0.15, 0.2) is 0 Å². The summed E-state index contributed by atoms with van der Waals surface area (Å²) in [6.07, 6.45) is 0. The van der Waals surface area contributed by atoms with Gasteiger partial charge in [-0.15, -0.1) is 11.8 Å². The van der Waals surface area contributed by atoms with Crippen LogP contribution < -0.4 is 10.6 Å². The summed E-state index contributed by atoms with van der Waals surface area (Å²) in [5.74, 6) is -3.29. The number of anilines is 2. The number of halogens is 1. The summed E-state index contributed by atoms with van der Waals surface area (Å²) in [6, 6.07) is 16.8. The lowest BCUT2D eigenvalue weighted by atomic mass is 10.1. The van der Waals surface area contributed by atoms with E-state index in [-0.39, 0.29) is 33.4 Å². The van der Waals surface area contributed by atoms with Gasteiger partial charge in [-0.1, -0.05) is 29.8 Å². The molecule has 8 nitrogen and oxygen atoms in total. The third-order valence-corrected chi connectivity index (χ3v) is 5.67. The predicted molar refractivity (Wildman–Crippen MR) is 126 cm³/mol. The lowest BCUT2D eigenvalue weighted by Gasteiger charge is -2.10. The van der Waals surface area contributed by atoms with Gasteiger partial charge in [0, 0.05) is 16.3 Å². The van der Waals surface area contributed by atoms with E-state index >= 15 is 0 Å². The van der Waals surface area contributed by atoms with Gasteiger partial charge >= 0.3 is 11.9 Å². The van der Waals surface area contributed by atoms with Gasteiger partial charge in [0.2, 0.25) is 5.91 Å². The SMILES string of the molecule is O=C(CSc1cccc(NC(=O)c2ccccc2C(=O)O)c1)Nc1ccc(Cl)c(C(=O)O)c1. The van der Waals surface area contributed by atoms with E-state index in [1.54, 1.807) is 30.3 Å². The summed E-state index contributed by atoms with van der Waals surface area (Å²) < 4.78 is 0. The van der Waals surface area contributed by atoms with Crippen LogP contribution in [-0.4, -0.2) is 39.7 Å². The minimum Gasteiger partial charge on any atom is -0.478 e. The first-order chi connectivity index (χ1) is 15.7. The van der Waals surface area contributed by atoms with Gasteiger partial charge in [-0.2, -0.15) is 0 Å². The van der Waals surface area contributed by atoms with Crippen molar-refractivity contribution in [3.8, 4) is 0 Å². The van der Waals surface area contributed by atoms with Crippen molar-refractivity contribution in [1.82, 2.24) is 0 Å². The fraction of sp³-hybridized carbons (Fsp3) is 0.0435. The van der Waals surface area contributed by atoms with Crippen molar-refractivity contribution in [3.63, 3.8) is 0 Å². The minimum atomic E-state index is -1.20. The van der Waals surface area contributed by atoms with Gasteiger partial charge < -0.3 is 20.8 Å². The molecule has 0 unspecified atom stereocenters. The Morgan fingerprint density at radius 3 is 2.12 bits per heavy atom. The molecule has 0 radical (unpaired) electrons. The molecule has 0 heterocycles. The highest BCUT2D eigenvalue weighted by Crippen LogP contribution is 2.24. The molecular weight excluding hydrogens is 468 g/mol. The van der Waals surface area contributed by atoms with E-state index < -0.39 is 17.8 Å².